The Balaban J connectivity index is 2.07. The second-order valence-corrected chi connectivity index (χ2v) is 7.91. The van der Waals surface area contributed by atoms with E-state index in [9.17, 15) is 9.59 Å². The fourth-order valence-corrected chi connectivity index (χ4v) is 5.08. The third-order valence-electron chi connectivity index (χ3n) is 4.79. The van der Waals surface area contributed by atoms with Crippen LogP contribution in [0.15, 0.2) is 29.5 Å². The van der Waals surface area contributed by atoms with E-state index in [1.54, 1.807) is 19.3 Å². The molecule has 0 saturated heterocycles. The average Bonchev–Trinajstić information content (AvgIpc) is 2.97. The van der Waals surface area contributed by atoms with Gasteiger partial charge in [-0.25, -0.2) is 10.2 Å². The normalized spacial score (nSPS) is 30.2. The van der Waals surface area contributed by atoms with Crippen LogP contribution in [-0.4, -0.2) is 39.0 Å². The molecule has 26 heavy (non-hydrogen) atoms. The Labute approximate surface area is 156 Å². The first-order chi connectivity index (χ1) is 12.4. The Kier molecular flexibility index (Phi) is 5.19. The van der Waals surface area contributed by atoms with Crippen LogP contribution < -0.4 is 16.6 Å². The lowest BCUT2D eigenvalue weighted by Crippen LogP contribution is -2.68. The minimum atomic E-state index is -1.02. The highest BCUT2D eigenvalue weighted by atomic mass is 32.2. The molecule has 1 fully saturated rings. The van der Waals surface area contributed by atoms with Crippen molar-refractivity contribution in [2.24, 2.45) is 16.6 Å². The van der Waals surface area contributed by atoms with Crippen molar-refractivity contribution < 1.29 is 14.3 Å². The number of hydrogen-bond donors (Lipinski definition) is 3. The summed E-state index contributed by atoms with van der Waals surface area (Å²) >= 11 is 1.39. The minimum absolute atomic E-state index is 0.278. The smallest absolute Gasteiger partial charge is 0.326 e. The number of nitrogens with two attached hydrogens (primary N) is 1. The van der Waals surface area contributed by atoms with Crippen molar-refractivity contribution >= 4 is 28.8 Å². The van der Waals surface area contributed by atoms with Crippen LogP contribution >= 0.6 is 11.8 Å². The molecular weight excluding hydrogens is 354 g/mol. The van der Waals surface area contributed by atoms with E-state index in [0.29, 0.717) is 23.8 Å². The van der Waals surface area contributed by atoms with Crippen LogP contribution in [0.5, 0.6) is 0 Å². The lowest BCUT2D eigenvalue weighted by Gasteiger charge is -2.46. The molecule has 1 aromatic rings. The number of urea groups is 1. The number of aromatic nitrogens is 1. The van der Waals surface area contributed by atoms with E-state index in [0.717, 1.165) is 12.0 Å². The number of pyridine rings is 1. The van der Waals surface area contributed by atoms with Crippen molar-refractivity contribution in [2.75, 3.05) is 6.61 Å². The standard InChI is InChI=1S/C17H23N5O3S/c1-3-25-14(23)16-7-4-11(2)10-17(16,22-21-15(18)24)20-13(26-16)12-5-8-19-9-6-12/h5-6,8-9,11,22H,3-4,7,10H2,1-2H3,(H3,18,21,24). The van der Waals surface area contributed by atoms with E-state index in [1.165, 1.54) is 11.8 Å². The zero-order chi connectivity index (χ0) is 18.8. The molecule has 8 nitrogen and oxygen atoms in total. The van der Waals surface area contributed by atoms with Crippen LogP contribution in [0.25, 0.3) is 0 Å². The largest absolute Gasteiger partial charge is 0.465 e. The maximum Gasteiger partial charge on any atom is 0.326 e. The summed E-state index contributed by atoms with van der Waals surface area (Å²) in [5.74, 6) is -0.00987. The van der Waals surface area contributed by atoms with Crippen LogP contribution in [-0.2, 0) is 9.53 Å². The Morgan fingerprint density at radius 3 is 2.81 bits per heavy atom. The van der Waals surface area contributed by atoms with E-state index in [1.807, 2.05) is 12.1 Å². The molecule has 1 aliphatic heterocycles. The van der Waals surface area contributed by atoms with E-state index in [-0.39, 0.29) is 12.6 Å². The number of esters is 1. The first-order valence-electron chi connectivity index (χ1n) is 8.61. The van der Waals surface area contributed by atoms with E-state index in [4.69, 9.17) is 15.5 Å². The highest BCUT2D eigenvalue weighted by Gasteiger charge is 2.65. The van der Waals surface area contributed by atoms with Crippen molar-refractivity contribution in [2.45, 2.75) is 43.5 Å². The molecule has 0 radical (unpaired) electrons. The van der Waals surface area contributed by atoms with Crippen LogP contribution in [0.3, 0.4) is 0 Å². The number of ether oxygens (including phenoxy) is 1. The van der Waals surface area contributed by atoms with Crippen LogP contribution in [0.4, 0.5) is 4.79 Å². The van der Waals surface area contributed by atoms with Gasteiger partial charge in [-0.3, -0.25) is 20.2 Å². The fraction of sp³-hybridized carbons (Fsp3) is 0.529. The lowest BCUT2D eigenvalue weighted by atomic mass is 9.74. The molecule has 0 spiro atoms. The molecule has 2 heterocycles. The molecule has 140 valence electrons. The highest BCUT2D eigenvalue weighted by molar-refractivity contribution is 8.16. The van der Waals surface area contributed by atoms with Gasteiger partial charge in [-0.15, -0.1) is 0 Å². The highest BCUT2D eigenvalue weighted by Crippen LogP contribution is 2.55. The van der Waals surface area contributed by atoms with Crippen molar-refractivity contribution in [1.82, 2.24) is 15.8 Å². The summed E-state index contributed by atoms with van der Waals surface area (Å²) in [6.07, 6.45) is 5.39. The van der Waals surface area contributed by atoms with Gasteiger partial charge in [-0.1, -0.05) is 18.7 Å². The Morgan fingerprint density at radius 1 is 1.42 bits per heavy atom. The second kappa shape index (κ2) is 7.24. The number of carbonyl (C=O) groups is 2. The van der Waals surface area contributed by atoms with Gasteiger partial charge >= 0.3 is 12.0 Å². The Hall–Kier alpha value is -2.13. The SMILES string of the molecule is CCOC(=O)C12CCC(C)CC1(NNC(N)=O)N=C(c1ccncc1)S2. The molecule has 2 amide bonds. The van der Waals surface area contributed by atoms with E-state index >= 15 is 0 Å². The first-order valence-corrected chi connectivity index (χ1v) is 9.43. The van der Waals surface area contributed by atoms with Gasteiger partial charge < -0.3 is 10.5 Å². The number of thioether (sulfide) groups is 1. The Morgan fingerprint density at radius 2 is 2.15 bits per heavy atom. The van der Waals surface area contributed by atoms with Crippen LogP contribution in [0, 0.1) is 5.92 Å². The summed E-state index contributed by atoms with van der Waals surface area (Å²) < 4.78 is 4.45. The number of amides is 2. The maximum absolute atomic E-state index is 13.0. The molecule has 2 aliphatic rings. The van der Waals surface area contributed by atoms with Gasteiger partial charge in [0.15, 0.2) is 10.4 Å². The molecule has 1 aliphatic carbocycles. The quantitative estimate of drug-likeness (QED) is 0.529. The summed E-state index contributed by atoms with van der Waals surface area (Å²) in [4.78, 5) is 33.3. The van der Waals surface area contributed by atoms with Gasteiger partial charge in [0.25, 0.3) is 0 Å². The molecule has 0 bridgehead atoms. The Bertz CT molecular complexity index is 728. The predicted molar refractivity (Wildman–Crippen MR) is 99.3 cm³/mol. The fourth-order valence-electron chi connectivity index (χ4n) is 3.58. The van der Waals surface area contributed by atoms with Gasteiger partial charge in [-0.05, 0) is 44.2 Å². The number of nitrogens with one attached hydrogen (secondary N) is 2. The molecule has 3 rings (SSSR count). The topological polar surface area (TPSA) is 119 Å². The van der Waals surface area contributed by atoms with Crippen LogP contribution in [0.2, 0.25) is 0 Å². The summed E-state index contributed by atoms with van der Waals surface area (Å²) in [7, 11) is 0. The predicted octanol–water partition coefficient (Wildman–Crippen LogP) is 1.57. The molecule has 1 saturated carbocycles. The van der Waals surface area contributed by atoms with Gasteiger partial charge in [0, 0.05) is 18.0 Å². The summed E-state index contributed by atoms with van der Waals surface area (Å²) in [6.45, 7) is 4.16. The van der Waals surface area contributed by atoms with Crippen molar-refractivity contribution in [3.63, 3.8) is 0 Å². The van der Waals surface area contributed by atoms with Crippen molar-refractivity contribution in [1.29, 1.82) is 0 Å². The summed E-state index contributed by atoms with van der Waals surface area (Å²) in [6, 6.07) is 2.97. The molecule has 0 aromatic carbocycles. The zero-order valence-corrected chi connectivity index (χ0v) is 15.6. The van der Waals surface area contributed by atoms with Gasteiger partial charge in [0.2, 0.25) is 0 Å². The summed E-state index contributed by atoms with van der Waals surface area (Å²) in [5.41, 5.74) is 10.5. The third-order valence-corrected chi connectivity index (χ3v) is 6.37. The van der Waals surface area contributed by atoms with Gasteiger partial charge in [0.05, 0.1) is 6.61 Å². The molecule has 3 atom stereocenters. The number of fused-ring (bicyclic) bond motifs is 1. The average molecular weight is 377 g/mol. The number of carbonyl (C=O) groups excluding carboxylic acids is 2. The van der Waals surface area contributed by atoms with Crippen molar-refractivity contribution in [3.05, 3.63) is 30.1 Å². The zero-order valence-electron chi connectivity index (χ0n) is 14.8. The van der Waals surface area contributed by atoms with Gasteiger partial charge in [-0.2, -0.15) is 0 Å². The molecular formula is C17H23N5O3S. The lowest BCUT2D eigenvalue weighted by molar-refractivity contribution is -0.150. The van der Waals surface area contributed by atoms with Crippen LogP contribution in [0.1, 0.15) is 38.7 Å². The van der Waals surface area contributed by atoms with E-state index in [2.05, 4.69) is 22.8 Å². The molecule has 1 aromatic heterocycles. The maximum atomic E-state index is 13.0. The molecule has 9 heteroatoms. The minimum Gasteiger partial charge on any atom is -0.465 e. The van der Waals surface area contributed by atoms with Gasteiger partial charge in [0.1, 0.15) is 5.04 Å². The molecule has 4 N–H and O–H groups in total. The summed E-state index contributed by atoms with van der Waals surface area (Å²) in [5, 5.41) is 0.716. The number of rotatable bonds is 5. The first kappa shape index (κ1) is 18.7. The second-order valence-electron chi connectivity index (χ2n) is 6.62. The molecule has 3 unspecified atom stereocenters. The van der Waals surface area contributed by atoms with Crippen molar-refractivity contribution in [3.8, 4) is 0 Å². The number of aliphatic imine (C=N–C) groups is 1. The number of hydrazine groups is 1. The number of hydrogen-bond acceptors (Lipinski definition) is 7. The van der Waals surface area contributed by atoms with E-state index < -0.39 is 16.4 Å². The number of nitrogens with zero attached hydrogens (tertiary/aromatic N) is 2. The third kappa shape index (κ3) is 3.16. The monoisotopic (exact) mass is 377 g/mol. The number of primary amides is 1.